The Morgan fingerprint density at radius 1 is 1.44 bits per heavy atom. The van der Waals surface area contributed by atoms with Crippen LogP contribution in [0.4, 0.5) is 0 Å². The van der Waals surface area contributed by atoms with Crippen molar-refractivity contribution in [3.8, 4) is 12.1 Å². The Bertz CT molecular complexity index is 644. The first kappa shape index (κ1) is 10.4. The highest BCUT2D eigenvalue weighted by Gasteiger charge is 2.10. The zero-order valence-corrected chi connectivity index (χ0v) is 9.67. The summed E-state index contributed by atoms with van der Waals surface area (Å²) in [5.41, 5.74) is 2.79. The van der Waals surface area contributed by atoms with Gasteiger partial charge in [0.05, 0.1) is 11.4 Å². The van der Waals surface area contributed by atoms with E-state index in [1.165, 1.54) is 0 Å². The normalized spacial score (nSPS) is 9.75. The molecule has 0 radical (unpaired) electrons. The van der Waals surface area contributed by atoms with Crippen molar-refractivity contribution in [2.75, 3.05) is 0 Å². The van der Waals surface area contributed by atoms with Crippen LogP contribution in [0.3, 0.4) is 0 Å². The summed E-state index contributed by atoms with van der Waals surface area (Å²) in [6.45, 7) is 3.84. The second-order valence-electron chi connectivity index (χ2n) is 3.36. The van der Waals surface area contributed by atoms with Gasteiger partial charge in [0.25, 0.3) is 0 Å². The predicted octanol–water partition coefficient (Wildman–Crippen LogP) is 2.44. The standard InChI is InChI=1S/C11H8N4S/c1-7-6-16-11-14-8(2)10(15(7)11)3-9(4-12)5-13/h3,6H,1-2H3. The molecule has 2 aromatic rings. The maximum Gasteiger partial charge on any atom is 0.194 e. The number of imidazole rings is 1. The molecular weight excluding hydrogens is 220 g/mol. The molecule has 0 aliphatic heterocycles. The average molecular weight is 228 g/mol. The number of hydrogen-bond acceptors (Lipinski definition) is 4. The SMILES string of the molecule is Cc1nc2scc(C)n2c1C=C(C#N)C#N. The Morgan fingerprint density at radius 3 is 2.75 bits per heavy atom. The highest BCUT2D eigenvalue weighted by Crippen LogP contribution is 2.22. The largest absolute Gasteiger partial charge is 0.288 e. The fraction of sp³-hybridized carbons (Fsp3) is 0.182. The maximum absolute atomic E-state index is 8.74. The van der Waals surface area contributed by atoms with E-state index in [9.17, 15) is 0 Å². The molecule has 0 atom stereocenters. The third-order valence-electron chi connectivity index (χ3n) is 2.28. The molecule has 2 rings (SSSR count). The van der Waals surface area contributed by atoms with Gasteiger partial charge in [0.2, 0.25) is 0 Å². The van der Waals surface area contributed by atoms with Gasteiger partial charge in [-0.2, -0.15) is 10.5 Å². The lowest BCUT2D eigenvalue weighted by atomic mass is 10.2. The fourth-order valence-electron chi connectivity index (χ4n) is 1.52. The van der Waals surface area contributed by atoms with Crippen LogP contribution in [0, 0.1) is 36.5 Å². The first-order valence-electron chi connectivity index (χ1n) is 4.62. The van der Waals surface area contributed by atoms with E-state index < -0.39 is 0 Å². The summed E-state index contributed by atoms with van der Waals surface area (Å²) in [5, 5.41) is 19.5. The van der Waals surface area contributed by atoms with Gasteiger partial charge in [0, 0.05) is 11.1 Å². The number of hydrogen-bond donors (Lipinski definition) is 0. The Morgan fingerprint density at radius 2 is 2.12 bits per heavy atom. The minimum atomic E-state index is 0.0931. The lowest BCUT2D eigenvalue weighted by molar-refractivity contribution is 1.11. The summed E-state index contributed by atoms with van der Waals surface area (Å²) >= 11 is 1.55. The molecule has 0 aliphatic rings. The summed E-state index contributed by atoms with van der Waals surface area (Å²) in [7, 11) is 0. The molecule has 4 nitrogen and oxygen atoms in total. The second kappa shape index (κ2) is 3.80. The zero-order chi connectivity index (χ0) is 11.7. The summed E-state index contributed by atoms with van der Waals surface area (Å²) in [5.74, 6) is 0. The second-order valence-corrected chi connectivity index (χ2v) is 4.20. The molecule has 0 bridgehead atoms. The summed E-state index contributed by atoms with van der Waals surface area (Å²) in [4.78, 5) is 5.26. The van der Waals surface area contributed by atoms with Crippen LogP contribution >= 0.6 is 11.3 Å². The van der Waals surface area contributed by atoms with Crippen molar-refractivity contribution in [2.45, 2.75) is 13.8 Å². The van der Waals surface area contributed by atoms with E-state index in [-0.39, 0.29) is 5.57 Å². The van der Waals surface area contributed by atoms with Gasteiger partial charge in [-0.3, -0.25) is 4.40 Å². The number of fused-ring (bicyclic) bond motifs is 1. The van der Waals surface area contributed by atoms with Crippen molar-refractivity contribution in [2.24, 2.45) is 0 Å². The first-order valence-corrected chi connectivity index (χ1v) is 5.50. The topological polar surface area (TPSA) is 64.9 Å². The van der Waals surface area contributed by atoms with Crippen molar-refractivity contribution in [3.63, 3.8) is 0 Å². The number of aromatic nitrogens is 2. The van der Waals surface area contributed by atoms with Gasteiger partial charge in [-0.25, -0.2) is 4.98 Å². The van der Waals surface area contributed by atoms with Crippen LogP contribution in [0.1, 0.15) is 17.1 Å². The van der Waals surface area contributed by atoms with Crippen LogP contribution < -0.4 is 0 Å². The predicted molar refractivity (Wildman–Crippen MR) is 61.7 cm³/mol. The lowest BCUT2D eigenvalue weighted by Crippen LogP contribution is -1.89. The molecule has 0 saturated carbocycles. The van der Waals surface area contributed by atoms with Crippen molar-refractivity contribution in [3.05, 3.63) is 28.0 Å². The minimum absolute atomic E-state index is 0.0931. The van der Waals surface area contributed by atoms with Crippen molar-refractivity contribution in [1.29, 1.82) is 10.5 Å². The molecule has 2 heterocycles. The molecule has 0 aliphatic carbocycles. The van der Waals surface area contributed by atoms with Crippen LogP contribution in [0.25, 0.3) is 11.0 Å². The number of aryl methyl sites for hydroxylation is 2. The summed E-state index contributed by atoms with van der Waals surface area (Å²) in [6.07, 6.45) is 1.58. The van der Waals surface area contributed by atoms with Crippen molar-refractivity contribution < 1.29 is 0 Å². The number of nitriles is 2. The molecule has 16 heavy (non-hydrogen) atoms. The Kier molecular flexibility index (Phi) is 2.47. The molecule has 2 aromatic heterocycles. The van der Waals surface area contributed by atoms with Crippen LogP contribution in [0.5, 0.6) is 0 Å². The summed E-state index contributed by atoms with van der Waals surface area (Å²) in [6, 6.07) is 3.71. The number of allylic oxidation sites excluding steroid dienone is 1. The van der Waals surface area contributed by atoms with E-state index in [4.69, 9.17) is 10.5 Å². The molecule has 0 saturated heterocycles. The monoisotopic (exact) mass is 228 g/mol. The average Bonchev–Trinajstić information content (AvgIpc) is 2.77. The highest BCUT2D eigenvalue weighted by molar-refractivity contribution is 7.15. The molecule has 0 unspecified atom stereocenters. The van der Waals surface area contributed by atoms with E-state index in [1.807, 2.05) is 35.8 Å². The molecule has 0 N–H and O–H groups in total. The van der Waals surface area contributed by atoms with Gasteiger partial charge in [-0.05, 0) is 19.9 Å². The quantitative estimate of drug-likeness (QED) is 0.704. The van der Waals surface area contributed by atoms with Gasteiger partial charge < -0.3 is 0 Å². The lowest BCUT2D eigenvalue weighted by Gasteiger charge is -1.95. The van der Waals surface area contributed by atoms with E-state index in [2.05, 4.69) is 4.98 Å². The highest BCUT2D eigenvalue weighted by atomic mass is 32.1. The minimum Gasteiger partial charge on any atom is -0.288 e. The molecule has 78 valence electrons. The molecule has 0 amide bonds. The number of thiazole rings is 1. The van der Waals surface area contributed by atoms with Crippen LogP contribution in [0.15, 0.2) is 11.0 Å². The Balaban J connectivity index is 2.74. The van der Waals surface area contributed by atoms with E-state index in [0.717, 1.165) is 22.0 Å². The van der Waals surface area contributed by atoms with Gasteiger partial charge in [0.15, 0.2) is 4.96 Å². The number of rotatable bonds is 1. The van der Waals surface area contributed by atoms with Crippen LogP contribution in [0.2, 0.25) is 0 Å². The van der Waals surface area contributed by atoms with Gasteiger partial charge >= 0.3 is 0 Å². The molecular formula is C11H8N4S. The Hall–Kier alpha value is -2.11. The van der Waals surface area contributed by atoms with Crippen LogP contribution in [-0.4, -0.2) is 9.38 Å². The van der Waals surface area contributed by atoms with Gasteiger partial charge in [0.1, 0.15) is 17.7 Å². The van der Waals surface area contributed by atoms with Gasteiger partial charge in [-0.15, -0.1) is 11.3 Å². The van der Waals surface area contributed by atoms with Crippen molar-refractivity contribution in [1.82, 2.24) is 9.38 Å². The number of nitrogens with zero attached hydrogens (tertiary/aromatic N) is 4. The molecule has 0 spiro atoms. The third kappa shape index (κ3) is 1.48. The van der Waals surface area contributed by atoms with Crippen molar-refractivity contribution >= 4 is 22.4 Å². The first-order chi connectivity index (χ1) is 7.67. The Labute approximate surface area is 96.7 Å². The van der Waals surface area contributed by atoms with E-state index >= 15 is 0 Å². The maximum atomic E-state index is 8.74. The van der Waals surface area contributed by atoms with Crippen LogP contribution in [-0.2, 0) is 0 Å². The molecule has 0 fully saturated rings. The summed E-state index contributed by atoms with van der Waals surface area (Å²) < 4.78 is 1.95. The molecule has 0 aromatic carbocycles. The van der Waals surface area contributed by atoms with Gasteiger partial charge in [-0.1, -0.05) is 0 Å². The smallest absolute Gasteiger partial charge is 0.194 e. The van der Waals surface area contributed by atoms with E-state index in [1.54, 1.807) is 17.4 Å². The van der Waals surface area contributed by atoms with E-state index in [0.29, 0.717) is 0 Å². The third-order valence-corrected chi connectivity index (χ3v) is 3.22. The molecule has 5 heteroatoms. The zero-order valence-electron chi connectivity index (χ0n) is 8.85. The fourth-order valence-corrected chi connectivity index (χ4v) is 2.44.